The second kappa shape index (κ2) is 6.03. The number of carbonyl (C=O) groups is 2. The number of aliphatic carboxylic acids is 1. The van der Waals surface area contributed by atoms with Crippen molar-refractivity contribution in [1.82, 2.24) is 10.2 Å². The van der Waals surface area contributed by atoms with Gasteiger partial charge in [-0.2, -0.15) is 13.2 Å². The molecule has 0 aliphatic rings. The molecule has 8 heteroatoms. The van der Waals surface area contributed by atoms with Crippen LogP contribution < -0.4 is 5.32 Å². The maximum Gasteiger partial charge on any atom is 0.417 e. The van der Waals surface area contributed by atoms with Crippen LogP contribution in [0.25, 0.3) is 0 Å². The lowest BCUT2D eigenvalue weighted by molar-refractivity contribution is -0.205. The molecule has 0 saturated heterocycles. The second-order valence-electron chi connectivity index (χ2n) is 3.85. The largest absolute Gasteiger partial charge is 0.480 e. The number of carboxylic acid groups (broad SMARTS) is 1. The Labute approximate surface area is 103 Å². The van der Waals surface area contributed by atoms with Gasteiger partial charge >= 0.3 is 12.1 Å². The summed E-state index contributed by atoms with van der Waals surface area (Å²) in [5.74, 6) is -2.64. The summed E-state index contributed by atoms with van der Waals surface area (Å²) in [4.78, 5) is 23.5. The summed E-state index contributed by atoms with van der Waals surface area (Å²) in [6.07, 6.45) is -4.98. The van der Waals surface area contributed by atoms with E-state index in [2.05, 4.69) is 0 Å². The van der Waals surface area contributed by atoms with Gasteiger partial charge in [-0.15, -0.1) is 0 Å². The van der Waals surface area contributed by atoms with E-state index in [1.54, 1.807) is 19.2 Å². The summed E-state index contributed by atoms with van der Waals surface area (Å²) in [5, 5.41) is 10.4. The summed E-state index contributed by atoms with van der Waals surface area (Å²) in [6, 6.07) is 0. The van der Waals surface area contributed by atoms with E-state index in [0.29, 0.717) is 20.0 Å². The van der Waals surface area contributed by atoms with Crippen LogP contribution in [0.3, 0.4) is 0 Å². The summed E-state index contributed by atoms with van der Waals surface area (Å²) in [6.45, 7) is 3.89. The van der Waals surface area contributed by atoms with Crippen molar-refractivity contribution in [3.63, 3.8) is 0 Å². The molecule has 0 aliphatic heterocycles. The molecule has 5 nitrogen and oxygen atoms in total. The van der Waals surface area contributed by atoms with Gasteiger partial charge in [-0.1, -0.05) is 0 Å². The second-order valence-corrected chi connectivity index (χ2v) is 3.85. The molecule has 0 spiro atoms. The number of hydrogen-bond donors (Lipinski definition) is 2. The Kier molecular flexibility index (Phi) is 5.59. The number of halogens is 3. The Balaban J connectivity index is 4.76. The highest BCUT2D eigenvalue weighted by molar-refractivity contribution is 5.82. The molecule has 0 rings (SSSR count). The molecule has 0 heterocycles. The zero-order valence-corrected chi connectivity index (χ0v) is 10.5. The molecular formula is C10H17F3N2O3. The number of nitrogens with zero attached hydrogens (tertiary/aromatic N) is 1. The van der Waals surface area contributed by atoms with Crippen LogP contribution in [-0.2, 0) is 9.59 Å². The third-order valence-electron chi connectivity index (χ3n) is 2.70. The van der Waals surface area contributed by atoms with Gasteiger partial charge in [-0.25, -0.2) is 4.79 Å². The number of alkyl halides is 3. The first kappa shape index (κ1) is 16.7. The molecule has 0 aromatic carbocycles. The molecule has 0 fully saturated rings. The first-order chi connectivity index (χ1) is 8.10. The van der Waals surface area contributed by atoms with Crippen molar-refractivity contribution in [3.8, 4) is 0 Å². The van der Waals surface area contributed by atoms with Gasteiger partial charge in [0.25, 0.3) is 0 Å². The smallest absolute Gasteiger partial charge is 0.417 e. The number of carboxylic acids is 1. The van der Waals surface area contributed by atoms with Crippen LogP contribution in [0.1, 0.15) is 20.8 Å². The molecule has 0 aromatic rings. The van der Waals surface area contributed by atoms with Gasteiger partial charge in [-0.3, -0.25) is 10.1 Å². The van der Waals surface area contributed by atoms with Gasteiger partial charge in [0.15, 0.2) is 0 Å². The first-order valence-electron chi connectivity index (χ1n) is 5.43. The molecule has 0 aliphatic carbocycles. The summed E-state index contributed by atoms with van der Waals surface area (Å²) in [5.41, 5.74) is -3.13. The fraction of sp³-hybridized carbons (Fsp3) is 0.800. The van der Waals surface area contributed by atoms with E-state index in [-0.39, 0.29) is 0 Å². The van der Waals surface area contributed by atoms with Crippen molar-refractivity contribution in [2.45, 2.75) is 32.5 Å². The lowest BCUT2D eigenvalue weighted by Crippen LogP contribution is -2.62. The van der Waals surface area contributed by atoms with E-state index in [0.717, 1.165) is 0 Å². The quantitative estimate of drug-likeness (QED) is 0.750. The highest BCUT2D eigenvalue weighted by atomic mass is 19.4. The Morgan fingerprint density at radius 3 is 1.94 bits per heavy atom. The Hall–Kier alpha value is -1.31. The predicted molar refractivity (Wildman–Crippen MR) is 58.0 cm³/mol. The van der Waals surface area contributed by atoms with E-state index in [9.17, 15) is 22.8 Å². The number of carbonyl (C=O) groups excluding carboxylic acids is 1. The van der Waals surface area contributed by atoms with E-state index in [1.165, 1.54) is 4.90 Å². The minimum atomic E-state index is -4.98. The molecule has 0 saturated carbocycles. The standard InChI is InChI=1S/C10H17F3N2O3/c1-4-15(5-2)7(16)6-14-9(3,8(17)18)10(11,12)13/h14H,4-6H2,1-3H3,(H,17,18). The Bertz CT molecular complexity index is 316. The van der Waals surface area contributed by atoms with Crippen molar-refractivity contribution in [2.24, 2.45) is 0 Å². The van der Waals surface area contributed by atoms with Crippen LogP contribution in [0.5, 0.6) is 0 Å². The Morgan fingerprint density at radius 1 is 1.22 bits per heavy atom. The summed E-state index contributed by atoms with van der Waals surface area (Å²) >= 11 is 0. The van der Waals surface area contributed by atoms with Crippen LogP contribution >= 0.6 is 0 Å². The van der Waals surface area contributed by atoms with E-state index < -0.39 is 30.1 Å². The highest BCUT2D eigenvalue weighted by Crippen LogP contribution is 2.30. The van der Waals surface area contributed by atoms with Crippen LogP contribution in [0.15, 0.2) is 0 Å². The molecule has 1 amide bonds. The number of amides is 1. The molecule has 2 N–H and O–H groups in total. The average molecular weight is 270 g/mol. The lowest BCUT2D eigenvalue weighted by atomic mass is 10.0. The fourth-order valence-electron chi connectivity index (χ4n) is 1.24. The van der Waals surface area contributed by atoms with Crippen LogP contribution in [0.2, 0.25) is 0 Å². The van der Waals surface area contributed by atoms with E-state index >= 15 is 0 Å². The molecule has 1 atom stereocenters. The minimum Gasteiger partial charge on any atom is -0.480 e. The topological polar surface area (TPSA) is 69.6 Å². The maximum atomic E-state index is 12.6. The first-order valence-corrected chi connectivity index (χ1v) is 5.43. The van der Waals surface area contributed by atoms with Crippen LogP contribution in [0.4, 0.5) is 13.2 Å². The molecule has 0 bridgehead atoms. The maximum absolute atomic E-state index is 12.6. The van der Waals surface area contributed by atoms with E-state index in [4.69, 9.17) is 5.11 Å². The molecule has 0 radical (unpaired) electrons. The Morgan fingerprint density at radius 2 is 1.67 bits per heavy atom. The van der Waals surface area contributed by atoms with Gasteiger partial charge in [0, 0.05) is 13.1 Å². The van der Waals surface area contributed by atoms with Crippen LogP contribution in [0, 0.1) is 0 Å². The van der Waals surface area contributed by atoms with Gasteiger partial charge in [0.2, 0.25) is 11.4 Å². The predicted octanol–water partition coefficient (Wildman–Crippen LogP) is 0.850. The third kappa shape index (κ3) is 3.59. The van der Waals surface area contributed by atoms with Crippen LogP contribution in [-0.4, -0.2) is 53.2 Å². The van der Waals surface area contributed by atoms with Gasteiger partial charge in [-0.05, 0) is 20.8 Å². The zero-order valence-electron chi connectivity index (χ0n) is 10.5. The average Bonchev–Trinajstić information content (AvgIpc) is 2.25. The van der Waals surface area contributed by atoms with Crippen molar-refractivity contribution < 1.29 is 27.9 Å². The van der Waals surface area contributed by atoms with Gasteiger partial charge in [0.1, 0.15) is 0 Å². The molecule has 0 aromatic heterocycles. The van der Waals surface area contributed by atoms with Crippen molar-refractivity contribution in [1.29, 1.82) is 0 Å². The number of hydrogen-bond acceptors (Lipinski definition) is 3. The molecule has 106 valence electrons. The highest BCUT2D eigenvalue weighted by Gasteiger charge is 2.57. The molecule has 1 unspecified atom stereocenters. The number of rotatable bonds is 6. The molecule has 18 heavy (non-hydrogen) atoms. The SMILES string of the molecule is CCN(CC)C(=O)CNC(C)(C(=O)O)C(F)(F)F. The van der Waals surface area contributed by atoms with Crippen molar-refractivity contribution >= 4 is 11.9 Å². The number of nitrogens with one attached hydrogen (secondary N) is 1. The molecular weight excluding hydrogens is 253 g/mol. The summed E-state index contributed by atoms with van der Waals surface area (Å²) in [7, 11) is 0. The van der Waals surface area contributed by atoms with Gasteiger partial charge < -0.3 is 10.0 Å². The van der Waals surface area contributed by atoms with Crippen molar-refractivity contribution in [3.05, 3.63) is 0 Å². The fourth-order valence-corrected chi connectivity index (χ4v) is 1.24. The monoisotopic (exact) mass is 270 g/mol. The minimum absolute atomic E-state index is 0.354. The normalized spacial score (nSPS) is 15.0. The lowest BCUT2D eigenvalue weighted by Gasteiger charge is -2.29. The third-order valence-corrected chi connectivity index (χ3v) is 2.70. The van der Waals surface area contributed by atoms with Crippen molar-refractivity contribution in [2.75, 3.05) is 19.6 Å². The number of likely N-dealkylation sites (N-methyl/N-ethyl adjacent to an activating group) is 1. The van der Waals surface area contributed by atoms with E-state index in [1.807, 2.05) is 0 Å². The zero-order chi connectivity index (χ0) is 14.6. The van der Waals surface area contributed by atoms with Gasteiger partial charge in [0.05, 0.1) is 6.54 Å². The summed E-state index contributed by atoms with van der Waals surface area (Å²) < 4.78 is 37.8.